The van der Waals surface area contributed by atoms with Gasteiger partial charge >= 0.3 is 0 Å². The van der Waals surface area contributed by atoms with E-state index in [9.17, 15) is 4.79 Å². The minimum atomic E-state index is 0.231. The van der Waals surface area contributed by atoms with Crippen LogP contribution in [0.25, 0.3) is 0 Å². The molecule has 1 N–H and O–H groups in total. The Morgan fingerprint density at radius 3 is 2.78 bits per heavy atom. The summed E-state index contributed by atoms with van der Waals surface area (Å²) in [6, 6.07) is 8.70. The highest BCUT2D eigenvalue weighted by Gasteiger charge is 2.12. The van der Waals surface area contributed by atoms with Crippen LogP contribution < -0.4 is 5.32 Å². The van der Waals surface area contributed by atoms with Crippen molar-refractivity contribution in [1.82, 2.24) is 5.32 Å². The molecule has 0 bridgehead atoms. The van der Waals surface area contributed by atoms with E-state index in [-0.39, 0.29) is 5.78 Å². The molecule has 98 valence electrons. The van der Waals surface area contributed by atoms with Crippen molar-refractivity contribution in [3.8, 4) is 0 Å². The van der Waals surface area contributed by atoms with E-state index in [1.54, 1.807) is 0 Å². The summed E-state index contributed by atoms with van der Waals surface area (Å²) in [6.07, 6.45) is 7.28. The first kappa shape index (κ1) is 13.3. The maximum absolute atomic E-state index is 11.7. The van der Waals surface area contributed by atoms with E-state index >= 15 is 0 Å². The summed E-state index contributed by atoms with van der Waals surface area (Å²) in [6.45, 7) is 2.80. The van der Waals surface area contributed by atoms with Crippen molar-refractivity contribution in [2.24, 2.45) is 0 Å². The number of Topliss-reactive ketones (excluding diaryl/α,β-unsaturated/α-hetero) is 1. The zero-order valence-corrected chi connectivity index (χ0v) is 11.2. The maximum Gasteiger partial charge on any atom is 0.162 e. The molecule has 0 saturated heterocycles. The number of carbonyl (C=O) groups excluding carboxylic acids is 1. The zero-order valence-electron chi connectivity index (χ0n) is 11.2. The average molecular weight is 245 g/mol. The van der Waals surface area contributed by atoms with Crippen molar-refractivity contribution < 1.29 is 4.79 Å². The van der Waals surface area contributed by atoms with Crippen LogP contribution in [0.2, 0.25) is 0 Å². The lowest BCUT2D eigenvalue weighted by Gasteiger charge is -2.22. The van der Waals surface area contributed by atoms with Crippen LogP contribution in [-0.4, -0.2) is 11.8 Å². The van der Waals surface area contributed by atoms with E-state index in [4.69, 9.17) is 0 Å². The molecule has 0 amide bonds. The molecule has 0 unspecified atom stereocenters. The van der Waals surface area contributed by atoms with Gasteiger partial charge in [-0.1, -0.05) is 44.4 Å². The van der Waals surface area contributed by atoms with Gasteiger partial charge in [0.2, 0.25) is 0 Å². The molecule has 2 rings (SSSR count). The molecule has 0 heterocycles. The van der Waals surface area contributed by atoms with Gasteiger partial charge in [0.25, 0.3) is 0 Å². The Balaban J connectivity index is 1.90. The van der Waals surface area contributed by atoms with E-state index in [0.717, 1.165) is 12.1 Å². The summed E-state index contributed by atoms with van der Waals surface area (Å²) in [5.74, 6) is 0.231. The summed E-state index contributed by atoms with van der Waals surface area (Å²) in [5.41, 5.74) is 2.07. The molecule has 1 saturated carbocycles. The van der Waals surface area contributed by atoms with Crippen molar-refractivity contribution in [3.63, 3.8) is 0 Å². The summed E-state index contributed by atoms with van der Waals surface area (Å²) >= 11 is 0. The number of ketones is 1. The van der Waals surface area contributed by atoms with Gasteiger partial charge in [0.1, 0.15) is 0 Å². The number of hydrogen-bond acceptors (Lipinski definition) is 2. The SMILES string of the molecule is CCC(=O)c1cccc(CNC2CCCCC2)c1. The fourth-order valence-corrected chi connectivity index (χ4v) is 2.63. The minimum Gasteiger partial charge on any atom is -0.310 e. The lowest BCUT2D eigenvalue weighted by molar-refractivity contribution is 0.0988. The van der Waals surface area contributed by atoms with Gasteiger partial charge in [-0.2, -0.15) is 0 Å². The Kier molecular flexibility index (Phi) is 4.94. The molecule has 1 fully saturated rings. The molecule has 1 aliphatic rings. The molecular formula is C16H23NO. The molecule has 0 atom stereocenters. The Morgan fingerprint density at radius 1 is 1.28 bits per heavy atom. The second-order valence-corrected chi connectivity index (χ2v) is 5.19. The van der Waals surface area contributed by atoms with E-state index < -0.39 is 0 Å². The largest absolute Gasteiger partial charge is 0.310 e. The van der Waals surface area contributed by atoms with E-state index in [2.05, 4.69) is 11.4 Å². The smallest absolute Gasteiger partial charge is 0.162 e. The fourth-order valence-electron chi connectivity index (χ4n) is 2.63. The van der Waals surface area contributed by atoms with Gasteiger partial charge in [-0.05, 0) is 24.5 Å². The van der Waals surface area contributed by atoms with Crippen LogP contribution in [-0.2, 0) is 6.54 Å². The monoisotopic (exact) mass is 245 g/mol. The predicted molar refractivity (Wildman–Crippen MR) is 74.8 cm³/mol. The van der Waals surface area contributed by atoms with Gasteiger partial charge in [-0.25, -0.2) is 0 Å². The number of rotatable bonds is 5. The van der Waals surface area contributed by atoms with Gasteiger partial charge in [-0.15, -0.1) is 0 Å². The molecule has 1 aromatic carbocycles. The molecule has 2 nitrogen and oxygen atoms in total. The summed E-state index contributed by atoms with van der Waals surface area (Å²) in [7, 11) is 0. The van der Waals surface area contributed by atoms with Gasteiger partial charge in [-0.3, -0.25) is 4.79 Å². The van der Waals surface area contributed by atoms with Crippen LogP contribution in [0, 0.1) is 0 Å². The van der Waals surface area contributed by atoms with E-state index in [1.165, 1.54) is 37.7 Å². The first-order chi connectivity index (χ1) is 8.79. The molecule has 2 heteroatoms. The summed E-state index contributed by atoms with van der Waals surface area (Å²) in [5, 5.41) is 3.61. The quantitative estimate of drug-likeness (QED) is 0.801. The predicted octanol–water partition coefficient (Wildman–Crippen LogP) is 3.70. The first-order valence-electron chi connectivity index (χ1n) is 7.15. The minimum absolute atomic E-state index is 0.231. The van der Waals surface area contributed by atoms with Crippen molar-refractivity contribution >= 4 is 5.78 Å². The summed E-state index contributed by atoms with van der Waals surface area (Å²) < 4.78 is 0. The van der Waals surface area contributed by atoms with Crippen molar-refractivity contribution in [1.29, 1.82) is 0 Å². The highest BCUT2D eigenvalue weighted by Crippen LogP contribution is 2.18. The van der Waals surface area contributed by atoms with Crippen LogP contribution >= 0.6 is 0 Å². The highest BCUT2D eigenvalue weighted by atomic mass is 16.1. The van der Waals surface area contributed by atoms with E-state index in [1.807, 2.05) is 25.1 Å². The third-order valence-electron chi connectivity index (χ3n) is 3.77. The number of carbonyl (C=O) groups is 1. The normalized spacial score (nSPS) is 16.7. The Bertz CT molecular complexity index is 394. The number of hydrogen-bond donors (Lipinski definition) is 1. The second-order valence-electron chi connectivity index (χ2n) is 5.19. The topological polar surface area (TPSA) is 29.1 Å². The number of benzene rings is 1. The standard InChI is InChI=1S/C16H23NO/c1-2-16(18)14-8-6-7-13(11-14)12-17-15-9-4-3-5-10-15/h6-8,11,15,17H,2-5,9-10,12H2,1H3. The Morgan fingerprint density at radius 2 is 2.06 bits per heavy atom. The van der Waals surface area contributed by atoms with Gasteiger partial charge in [0.15, 0.2) is 5.78 Å². The Hall–Kier alpha value is -1.15. The molecule has 1 aliphatic carbocycles. The molecule has 0 spiro atoms. The summed E-state index contributed by atoms with van der Waals surface area (Å²) in [4.78, 5) is 11.7. The van der Waals surface area contributed by atoms with Crippen LogP contribution in [0.1, 0.15) is 61.4 Å². The third-order valence-corrected chi connectivity index (χ3v) is 3.77. The number of nitrogens with one attached hydrogen (secondary N) is 1. The van der Waals surface area contributed by atoms with Crippen molar-refractivity contribution in [2.45, 2.75) is 58.0 Å². The third kappa shape index (κ3) is 3.67. The second kappa shape index (κ2) is 6.69. The molecule has 0 radical (unpaired) electrons. The lowest BCUT2D eigenvalue weighted by atomic mass is 9.95. The van der Waals surface area contributed by atoms with Crippen LogP contribution in [0.5, 0.6) is 0 Å². The fraction of sp³-hybridized carbons (Fsp3) is 0.562. The molecule has 0 aliphatic heterocycles. The van der Waals surface area contributed by atoms with Crippen molar-refractivity contribution in [2.75, 3.05) is 0 Å². The Labute approximate surface area is 110 Å². The van der Waals surface area contributed by atoms with Crippen LogP contribution in [0.15, 0.2) is 24.3 Å². The zero-order chi connectivity index (χ0) is 12.8. The highest BCUT2D eigenvalue weighted by molar-refractivity contribution is 5.95. The molecule has 1 aromatic rings. The molecule has 18 heavy (non-hydrogen) atoms. The average Bonchev–Trinajstić information content (AvgIpc) is 2.45. The maximum atomic E-state index is 11.7. The van der Waals surface area contributed by atoms with Gasteiger partial charge < -0.3 is 5.32 Å². The molecule has 0 aromatic heterocycles. The molecular weight excluding hydrogens is 222 g/mol. The van der Waals surface area contributed by atoms with Gasteiger partial charge in [0, 0.05) is 24.6 Å². The van der Waals surface area contributed by atoms with Crippen LogP contribution in [0.4, 0.5) is 0 Å². The van der Waals surface area contributed by atoms with Crippen LogP contribution in [0.3, 0.4) is 0 Å². The van der Waals surface area contributed by atoms with Crippen molar-refractivity contribution in [3.05, 3.63) is 35.4 Å². The lowest BCUT2D eigenvalue weighted by Crippen LogP contribution is -2.30. The van der Waals surface area contributed by atoms with E-state index in [0.29, 0.717) is 12.5 Å². The first-order valence-corrected chi connectivity index (χ1v) is 7.15. The van der Waals surface area contributed by atoms with Gasteiger partial charge in [0.05, 0.1) is 0 Å².